The Labute approximate surface area is 184 Å². The molecule has 0 radical (unpaired) electrons. The molecule has 5 unspecified atom stereocenters. The Bertz CT molecular complexity index is 1260. The SMILES string of the molecule is CC1OC(Oc2cc(O)c(O)c3oc(-c4cc(O)c(O)c(O)c4)cc(=O)c23)C(O)C(O)C1O. The average molecular weight is 464 g/mol. The molecule has 12 nitrogen and oxygen atoms in total. The van der Waals surface area contributed by atoms with Crippen molar-refractivity contribution in [1.29, 1.82) is 0 Å². The van der Waals surface area contributed by atoms with Crippen LogP contribution >= 0.6 is 0 Å². The average Bonchev–Trinajstić information content (AvgIpc) is 2.76. The van der Waals surface area contributed by atoms with Gasteiger partial charge in [0.2, 0.25) is 12.0 Å². The number of rotatable bonds is 3. The second-order valence-corrected chi connectivity index (χ2v) is 7.58. The van der Waals surface area contributed by atoms with E-state index in [0.29, 0.717) is 0 Å². The number of phenols is 5. The third-order valence-corrected chi connectivity index (χ3v) is 5.33. The number of fused-ring (bicyclic) bond motifs is 1. The minimum Gasteiger partial charge on any atom is -0.504 e. The molecule has 3 aromatic rings. The van der Waals surface area contributed by atoms with E-state index in [0.717, 1.165) is 24.3 Å². The molecule has 1 aromatic heterocycles. The van der Waals surface area contributed by atoms with Crippen molar-refractivity contribution in [3.63, 3.8) is 0 Å². The lowest BCUT2D eigenvalue weighted by Gasteiger charge is -2.38. The van der Waals surface area contributed by atoms with E-state index in [1.54, 1.807) is 0 Å². The van der Waals surface area contributed by atoms with Crippen LogP contribution in [0.2, 0.25) is 0 Å². The lowest BCUT2D eigenvalue weighted by Crippen LogP contribution is -2.58. The first-order chi connectivity index (χ1) is 15.5. The van der Waals surface area contributed by atoms with Gasteiger partial charge in [-0.2, -0.15) is 0 Å². The molecule has 12 heteroatoms. The largest absolute Gasteiger partial charge is 0.504 e. The Morgan fingerprint density at radius 3 is 2.06 bits per heavy atom. The topological polar surface area (TPSA) is 211 Å². The molecule has 8 N–H and O–H groups in total. The quantitative estimate of drug-likeness (QED) is 0.244. The number of hydrogen-bond acceptors (Lipinski definition) is 12. The Morgan fingerprint density at radius 1 is 0.818 bits per heavy atom. The van der Waals surface area contributed by atoms with Gasteiger partial charge in [0, 0.05) is 17.7 Å². The number of benzene rings is 2. The molecule has 5 atom stereocenters. The van der Waals surface area contributed by atoms with Crippen LogP contribution in [0.25, 0.3) is 22.3 Å². The molecule has 1 aliphatic rings. The predicted octanol–water partition coefficient (Wildman–Crippen LogP) is 0.194. The van der Waals surface area contributed by atoms with Crippen molar-refractivity contribution in [2.24, 2.45) is 0 Å². The van der Waals surface area contributed by atoms with E-state index < -0.39 is 70.5 Å². The summed E-state index contributed by atoms with van der Waals surface area (Å²) < 4.78 is 16.4. The van der Waals surface area contributed by atoms with E-state index in [-0.39, 0.29) is 22.5 Å². The molecule has 0 aliphatic carbocycles. The zero-order valence-corrected chi connectivity index (χ0v) is 16.9. The molecule has 0 amide bonds. The van der Waals surface area contributed by atoms with Gasteiger partial charge in [0.15, 0.2) is 34.0 Å². The molecule has 176 valence electrons. The summed E-state index contributed by atoms with van der Waals surface area (Å²) >= 11 is 0. The van der Waals surface area contributed by atoms with Crippen LogP contribution in [0.3, 0.4) is 0 Å². The van der Waals surface area contributed by atoms with Crippen molar-refractivity contribution in [2.45, 2.75) is 37.6 Å². The maximum Gasteiger partial charge on any atom is 0.229 e. The molecule has 4 rings (SSSR count). The number of phenolic OH excluding ortho intramolecular Hbond substituents is 5. The summed E-state index contributed by atoms with van der Waals surface area (Å²) in [6.07, 6.45) is -7.21. The van der Waals surface area contributed by atoms with Crippen molar-refractivity contribution in [3.8, 4) is 45.8 Å². The predicted molar refractivity (Wildman–Crippen MR) is 109 cm³/mol. The molecule has 0 spiro atoms. The highest BCUT2D eigenvalue weighted by molar-refractivity contribution is 5.91. The van der Waals surface area contributed by atoms with Gasteiger partial charge in [0.05, 0.1) is 6.10 Å². The van der Waals surface area contributed by atoms with Crippen LogP contribution < -0.4 is 10.2 Å². The summed E-state index contributed by atoms with van der Waals surface area (Å²) in [5.74, 6) is -4.37. The van der Waals surface area contributed by atoms with Crippen LogP contribution in [0.5, 0.6) is 34.5 Å². The van der Waals surface area contributed by atoms with Crippen LogP contribution in [0.4, 0.5) is 0 Å². The third-order valence-electron chi connectivity index (χ3n) is 5.33. The van der Waals surface area contributed by atoms with Crippen LogP contribution in [0.1, 0.15) is 6.92 Å². The van der Waals surface area contributed by atoms with Gasteiger partial charge in [-0.25, -0.2) is 0 Å². The van der Waals surface area contributed by atoms with E-state index in [1.807, 2.05) is 0 Å². The van der Waals surface area contributed by atoms with Crippen LogP contribution in [-0.2, 0) is 4.74 Å². The second kappa shape index (κ2) is 8.01. The van der Waals surface area contributed by atoms with E-state index in [4.69, 9.17) is 13.9 Å². The number of aromatic hydroxyl groups is 5. The number of hydrogen-bond donors (Lipinski definition) is 8. The molecular weight excluding hydrogens is 444 g/mol. The molecule has 0 bridgehead atoms. The number of aliphatic hydroxyl groups excluding tert-OH is 3. The second-order valence-electron chi connectivity index (χ2n) is 7.58. The minimum absolute atomic E-state index is 0.0380. The van der Waals surface area contributed by atoms with Gasteiger partial charge in [-0.1, -0.05) is 0 Å². The van der Waals surface area contributed by atoms with Gasteiger partial charge >= 0.3 is 0 Å². The van der Waals surface area contributed by atoms with Crippen molar-refractivity contribution in [1.82, 2.24) is 0 Å². The van der Waals surface area contributed by atoms with Crippen molar-refractivity contribution >= 4 is 11.0 Å². The van der Waals surface area contributed by atoms with Crippen LogP contribution in [0.15, 0.2) is 33.5 Å². The normalized spacial score (nSPS) is 25.3. The fourth-order valence-corrected chi connectivity index (χ4v) is 3.49. The Morgan fingerprint density at radius 2 is 1.42 bits per heavy atom. The zero-order valence-electron chi connectivity index (χ0n) is 16.9. The number of ether oxygens (including phenoxy) is 2. The first kappa shape index (κ1) is 22.5. The van der Waals surface area contributed by atoms with Gasteiger partial charge in [0.25, 0.3) is 0 Å². The minimum atomic E-state index is -1.71. The molecule has 2 aromatic carbocycles. The highest BCUT2D eigenvalue weighted by atomic mass is 16.7. The maximum absolute atomic E-state index is 12.9. The summed E-state index contributed by atoms with van der Waals surface area (Å²) in [4.78, 5) is 12.9. The summed E-state index contributed by atoms with van der Waals surface area (Å²) in [7, 11) is 0. The zero-order chi connectivity index (χ0) is 24.2. The third kappa shape index (κ3) is 3.74. The summed E-state index contributed by atoms with van der Waals surface area (Å²) in [6, 6.07) is 3.81. The van der Waals surface area contributed by atoms with Crippen LogP contribution in [-0.4, -0.2) is 71.6 Å². The van der Waals surface area contributed by atoms with Gasteiger partial charge in [-0.3, -0.25) is 4.79 Å². The Kier molecular flexibility index (Phi) is 5.46. The number of aliphatic hydroxyl groups is 3. The van der Waals surface area contributed by atoms with Crippen molar-refractivity contribution < 1.29 is 54.7 Å². The first-order valence-corrected chi connectivity index (χ1v) is 9.64. The molecule has 33 heavy (non-hydrogen) atoms. The highest BCUT2D eigenvalue weighted by Crippen LogP contribution is 2.43. The molecule has 1 saturated heterocycles. The summed E-state index contributed by atoms with van der Waals surface area (Å²) in [5.41, 5.74) is -1.36. The molecule has 1 aliphatic heterocycles. The monoisotopic (exact) mass is 464 g/mol. The fraction of sp³-hybridized carbons (Fsp3) is 0.286. The Balaban J connectivity index is 1.84. The smallest absolute Gasteiger partial charge is 0.229 e. The van der Waals surface area contributed by atoms with Gasteiger partial charge < -0.3 is 54.7 Å². The lowest BCUT2D eigenvalue weighted by atomic mass is 10.00. The lowest BCUT2D eigenvalue weighted by molar-refractivity contribution is -0.267. The first-order valence-electron chi connectivity index (χ1n) is 9.64. The van der Waals surface area contributed by atoms with E-state index in [9.17, 15) is 45.6 Å². The molecule has 0 saturated carbocycles. The maximum atomic E-state index is 12.9. The van der Waals surface area contributed by atoms with Crippen molar-refractivity contribution in [2.75, 3.05) is 0 Å². The van der Waals surface area contributed by atoms with Crippen LogP contribution in [0, 0.1) is 0 Å². The summed E-state index contributed by atoms with van der Waals surface area (Å²) in [5, 5.41) is 78.9. The van der Waals surface area contributed by atoms with E-state index >= 15 is 0 Å². The van der Waals surface area contributed by atoms with E-state index in [2.05, 4.69) is 0 Å². The standard InChI is InChI=1S/C21H20O12/c1-6-15(26)18(29)19(30)21(31-6)33-13-5-11(25)17(28)20-14(13)8(22)4-12(32-20)7-2-9(23)16(27)10(24)3-7/h2-6,15,18-19,21,23-30H,1H3. The van der Waals surface area contributed by atoms with Gasteiger partial charge in [0.1, 0.15) is 35.2 Å². The van der Waals surface area contributed by atoms with Gasteiger partial charge in [-0.05, 0) is 19.1 Å². The van der Waals surface area contributed by atoms with Crippen molar-refractivity contribution in [3.05, 3.63) is 34.5 Å². The van der Waals surface area contributed by atoms with E-state index in [1.165, 1.54) is 6.92 Å². The fourth-order valence-electron chi connectivity index (χ4n) is 3.49. The molecule has 2 heterocycles. The molecular formula is C21H20O12. The highest BCUT2D eigenvalue weighted by Gasteiger charge is 2.43. The molecule has 1 fully saturated rings. The summed E-state index contributed by atoms with van der Waals surface area (Å²) in [6.45, 7) is 1.42. The van der Waals surface area contributed by atoms with Gasteiger partial charge in [-0.15, -0.1) is 0 Å². The Hall–Kier alpha value is -3.71.